The number of aryl methyl sites for hydroxylation is 2. The minimum atomic E-state index is 0.862. The molecule has 3 heteroatoms. The molecule has 0 aliphatic carbocycles. The molecule has 0 bridgehead atoms. The Balaban J connectivity index is 0.000000926. The summed E-state index contributed by atoms with van der Waals surface area (Å²) < 4.78 is 1.38. The molecule has 1 aliphatic rings. The third-order valence-corrected chi connectivity index (χ3v) is 8.06. The van der Waals surface area contributed by atoms with Crippen LogP contribution >= 0.6 is 0 Å². The number of benzene rings is 2. The molecule has 3 rings (SSSR count). The van der Waals surface area contributed by atoms with E-state index in [1.165, 1.54) is 90.8 Å². The molecule has 0 atom stereocenters. The second-order valence-electron chi connectivity index (χ2n) is 10.2. The van der Waals surface area contributed by atoms with Crippen molar-refractivity contribution in [1.29, 1.82) is 0 Å². The van der Waals surface area contributed by atoms with Crippen molar-refractivity contribution in [2.45, 2.75) is 122 Å². The van der Waals surface area contributed by atoms with Gasteiger partial charge in [-0.05, 0) is 68.0 Å². The van der Waals surface area contributed by atoms with Gasteiger partial charge in [0.2, 0.25) is 11.4 Å². The normalized spacial score (nSPS) is 13.1. The van der Waals surface area contributed by atoms with Crippen LogP contribution in [0, 0.1) is 0 Å². The van der Waals surface area contributed by atoms with Crippen LogP contribution in [-0.4, -0.2) is 4.70 Å². The summed E-state index contributed by atoms with van der Waals surface area (Å²) in [6.45, 7) is 11.0. The SMILES string of the molecule is CCCCCCCCc1cccc(C2=C(C)C=C(c3ccc(CCCCCC)cc3)[N+]2=[N-])c1.C[CH2][Ni][CH2]C. The first kappa shape index (κ1) is 32.2. The Morgan fingerprint density at radius 1 is 0.658 bits per heavy atom. The molecule has 38 heavy (non-hydrogen) atoms. The van der Waals surface area contributed by atoms with Crippen LogP contribution in [0.2, 0.25) is 10.8 Å². The van der Waals surface area contributed by atoms with Crippen LogP contribution in [-0.2, 0) is 27.3 Å². The van der Waals surface area contributed by atoms with E-state index in [0.717, 1.165) is 40.9 Å². The molecule has 1 heterocycles. The molecule has 2 nitrogen and oxygen atoms in total. The third kappa shape index (κ3) is 11.0. The van der Waals surface area contributed by atoms with E-state index in [9.17, 15) is 5.53 Å². The van der Waals surface area contributed by atoms with Crippen molar-refractivity contribution in [2.24, 2.45) is 0 Å². The fraction of sp³-hybridized carbons (Fsp3) is 0.543. The molecule has 212 valence electrons. The quantitative estimate of drug-likeness (QED) is 0.111. The van der Waals surface area contributed by atoms with Gasteiger partial charge in [-0.25, -0.2) is 4.70 Å². The van der Waals surface area contributed by atoms with Gasteiger partial charge >= 0.3 is 39.1 Å². The zero-order valence-electron chi connectivity index (χ0n) is 24.8. The Labute approximate surface area is 240 Å². The van der Waals surface area contributed by atoms with Gasteiger partial charge in [0, 0.05) is 22.8 Å². The molecule has 2 aromatic carbocycles. The Kier molecular flexibility index (Phi) is 16.2. The number of hydrogen-bond acceptors (Lipinski definition) is 0. The maximum absolute atomic E-state index is 11.1. The van der Waals surface area contributed by atoms with Crippen LogP contribution in [0.5, 0.6) is 0 Å². The summed E-state index contributed by atoms with van der Waals surface area (Å²) in [5.74, 6) is 0. The van der Waals surface area contributed by atoms with Crippen LogP contribution in [0.1, 0.15) is 121 Å². The molecule has 1 aliphatic heterocycles. The third-order valence-electron chi connectivity index (χ3n) is 7.07. The van der Waals surface area contributed by atoms with E-state index in [1.54, 1.807) is 0 Å². The summed E-state index contributed by atoms with van der Waals surface area (Å²) >= 11 is 1.82. The molecule has 0 spiro atoms. The number of allylic oxidation sites excluding steroid dienone is 2. The Hall–Kier alpha value is -1.99. The van der Waals surface area contributed by atoms with Crippen molar-refractivity contribution in [2.75, 3.05) is 0 Å². The predicted octanol–water partition coefficient (Wildman–Crippen LogP) is 11.5. The fourth-order valence-electron chi connectivity index (χ4n) is 4.92. The molecule has 2 aromatic rings. The van der Waals surface area contributed by atoms with Crippen molar-refractivity contribution in [3.05, 3.63) is 88.0 Å². The number of rotatable bonds is 16. The van der Waals surface area contributed by atoms with Crippen LogP contribution in [0.25, 0.3) is 16.9 Å². The van der Waals surface area contributed by atoms with E-state index < -0.39 is 0 Å². The average Bonchev–Trinajstić information content (AvgIpc) is 3.23. The molecule has 0 radical (unpaired) electrons. The van der Waals surface area contributed by atoms with Gasteiger partial charge in [-0.2, -0.15) is 0 Å². The van der Waals surface area contributed by atoms with E-state index in [4.69, 9.17) is 0 Å². The van der Waals surface area contributed by atoms with Gasteiger partial charge in [0.1, 0.15) is 0 Å². The Morgan fingerprint density at radius 3 is 1.84 bits per heavy atom. The second-order valence-corrected chi connectivity index (χ2v) is 12.1. The van der Waals surface area contributed by atoms with E-state index in [2.05, 4.69) is 89.2 Å². The topological polar surface area (TPSA) is 25.3 Å². The predicted molar refractivity (Wildman–Crippen MR) is 163 cm³/mol. The number of unbranched alkanes of at least 4 members (excludes halogenated alkanes) is 8. The summed E-state index contributed by atoms with van der Waals surface area (Å²) in [6, 6.07) is 17.4. The molecule has 0 saturated carbocycles. The molecule has 0 N–H and O–H groups in total. The van der Waals surface area contributed by atoms with Crippen molar-refractivity contribution in [1.82, 2.24) is 0 Å². The summed E-state index contributed by atoms with van der Waals surface area (Å²) in [5.41, 5.74) is 18.9. The van der Waals surface area contributed by atoms with Gasteiger partial charge in [-0.3, -0.25) is 0 Å². The van der Waals surface area contributed by atoms with Crippen LogP contribution in [0.3, 0.4) is 0 Å². The molecular formula is C35H52N2Ni. The number of nitrogens with zero attached hydrogens (tertiary/aromatic N) is 2. The van der Waals surface area contributed by atoms with E-state index in [1.807, 2.05) is 14.4 Å². The zero-order chi connectivity index (χ0) is 27.6. The minimum absolute atomic E-state index is 0.862. The van der Waals surface area contributed by atoms with E-state index in [-0.39, 0.29) is 0 Å². The zero-order valence-corrected chi connectivity index (χ0v) is 25.8. The van der Waals surface area contributed by atoms with Crippen LogP contribution in [0.4, 0.5) is 0 Å². The van der Waals surface area contributed by atoms with Crippen LogP contribution in [0.15, 0.2) is 60.2 Å². The van der Waals surface area contributed by atoms with Gasteiger partial charge in [-0.1, -0.05) is 89.5 Å². The van der Waals surface area contributed by atoms with Crippen molar-refractivity contribution < 1.29 is 19.1 Å². The number of hydrogen-bond donors (Lipinski definition) is 0. The van der Waals surface area contributed by atoms with Gasteiger partial charge in [0.15, 0.2) is 0 Å². The molecule has 0 aromatic heterocycles. The van der Waals surface area contributed by atoms with Gasteiger partial charge in [0.25, 0.3) is 0 Å². The summed E-state index contributed by atoms with van der Waals surface area (Å²) in [7, 11) is 0. The first-order valence-electron chi connectivity index (χ1n) is 15.1. The van der Waals surface area contributed by atoms with Crippen molar-refractivity contribution >= 4 is 11.4 Å². The molecule has 0 unspecified atom stereocenters. The summed E-state index contributed by atoms with van der Waals surface area (Å²) in [4.78, 5) is 0. The van der Waals surface area contributed by atoms with E-state index in [0.29, 0.717) is 0 Å². The summed E-state index contributed by atoms with van der Waals surface area (Å²) in [5, 5.41) is 2.56. The molecule has 0 saturated heterocycles. The first-order valence-corrected chi connectivity index (χ1v) is 16.5. The average molecular weight is 560 g/mol. The van der Waals surface area contributed by atoms with Crippen molar-refractivity contribution in [3.8, 4) is 0 Å². The fourth-order valence-corrected chi connectivity index (χ4v) is 5.41. The van der Waals surface area contributed by atoms with Crippen LogP contribution < -0.4 is 0 Å². The monoisotopic (exact) mass is 558 g/mol. The van der Waals surface area contributed by atoms with Gasteiger partial charge in [-0.15, -0.1) is 0 Å². The molecule has 0 fully saturated rings. The second kappa shape index (κ2) is 19.1. The van der Waals surface area contributed by atoms with E-state index >= 15 is 0 Å². The molecular weight excluding hydrogens is 507 g/mol. The Bertz CT molecular complexity index is 1010. The van der Waals surface area contributed by atoms with Crippen molar-refractivity contribution in [3.63, 3.8) is 0 Å². The standard InChI is InChI=1S/C31H42N2.2C2H5.Ni/c1-4-6-8-10-11-13-16-27-17-14-18-29(24-27)31-25(3)23-30(33(31)32)28-21-19-26(20-22-28)15-12-9-7-5-2;2*1-2;/h14,17-24H,4-13,15-16H2,1-3H3;2*1H2,2H3;. The Morgan fingerprint density at radius 2 is 1.24 bits per heavy atom. The van der Waals surface area contributed by atoms with Gasteiger partial charge in [0.05, 0.1) is 0 Å². The summed E-state index contributed by atoms with van der Waals surface area (Å²) in [6.07, 6.45) is 17.4. The molecule has 0 amide bonds. The maximum atomic E-state index is 11.1. The van der Waals surface area contributed by atoms with Gasteiger partial charge < -0.3 is 5.53 Å². The first-order chi connectivity index (χ1) is 18.5.